The predicted octanol–water partition coefficient (Wildman–Crippen LogP) is 5.32. The van der Waals surface area contributed by atoms with E-state index < -0.39 is 58.3 Å². The Morgan fingerprint density at radius 3 is 2.06 bits per heavy atom. The first-order valence-electron chi connectivity index (χ1n) is 16.7. The number of alkyl halides is 1. The molecule has 3 heterocycles. The molecule has 276 valence electrons. The molecule has 0 radical (unpaired) electrons. The number of thioether (sulfide) groups is 1. The first-order valence-corrected chi connectivity index (χ1v) is 19.2. The topological polar surface area (TPSA) is 160 Å². The molecule has 0 aliphatic carbocycles. The second kappa shape index (κ2) is 15.6. The third-order valence-corrected chi connectivity index (χ3v) is 11.6. The van der Waals surface area contributed by atoms with Crippen molar-refractivity contribution in [1.82, 2.24) is 15.2 Å². The van der Waals surface area contributed by atoms with E-state index >= 15 is 0 Å². The van der Waals surface area contributed by atoms with Gasteiger partial charge in [-0.1, -0.05) is 96.2 Å². The van der Waals surface area contributed by atoms with Gasteiger partial charge in [-0.05, 0) is 37.5 Å². The molecule has 2 aliphatic rings. The molecule has 53 heavy (non-hydrogen) atoms. The molecule has 2 saturated heterocycles. The van der Waals surface area contributed by atoms with Gasteiger partial charge in [-0.25, -0.2) is 9.78 Å². The Labute approximate surface area is 319 Å². The van der Waals surface area contributed by atoms with Gasteiger partial charge in [-0.2, -0.15) is 0 Å². The number of carbonyl (C=O) groups is 4. The number of nitrogens with one attached hydrogen (secondary N) is 2. The van der Waals surface area contributed by atoms with Crippen molar-refractivity contribution in [2.24, 2.45) is 10.6 Å². The standard InChI is InChI=1S/C38H38ClN5O7S2/c1-36(2,3)51-28(45)19-50-43-29(31(46)41-30-32(47)44-22-37(21-39,34(48)49)23-53-33(30)44)27-20-52-35(40-27)42-38(24-13-7-4-8-14-24,25-15-9-5-10-16-25)26-17-11-6-12-18-26/h4-18,20,30,33H,19,21-23H2,1-3H3,(H,40,42)(H,41,46)(H,48,49)/t30?,33-,37?/m1/s1. The number of β-lactam (4-membered cyclic amide) rings is 1. The van der Waals surface area contributed by atoms with Crippen LogP contribution in [-0.4, -0.2) is 86.3 Å². The van der Waals surface area contributed by atoms with E-state index in [1.54, 1.807) is 26.2 Å². The minimum Gasteiger partial charge on any atom is -0.481 e. The van der Waals surface area contributed by atoms with Gasteiger partial charge < -0.3 is 30.2 Å². The van der Waals surface area contributed by atoms with Crippen LogP contribution in [0.4, 0.5) is 5.13 Å². The zero-order valence-corrected chi connectivity index (χ0v) is 31.5. The van der Waals surface area contributed by atoms with Gasteiger partial charge in [-0.15, -0.1) is 34.7 Å². The highest BCUT2D eigenvalue weighted by Gasteiger charge is 2.57. The number of esters is 1. The van der Waals surface area contributed by atoms with E-state index in [4.69, 9.17) is 26.2 Å². The minimum atomic E-state index is -1.28. The Morgan fingerprint density at radius 1 is 0.981 bits per heavy atom. The van der Waals surface area contributed by atoms with Crippen molar-refractivity contribution in [3.05, 3.63) is 119 Å². The molecule has 0 bridgehead atoms. The van der Waals surface area contributed by atoms with Gasteiger partial charge in [0.05, 0.1) is 0 Å². The average molecular weight is 776 g/mol. The van der Waals surface area contributed by atoms with Crippen LogP contribution in [0.1, 0.15) is 43.2 Å². The number of carboxylic acid groups (broad SMARTS) is 1. The molecular formula is C38H38ClN5O7S2. The molecule has 0 saturated carbocycles. The summed E-state index contributed by atoms with van der Waals surface area (Å²) in [6.45, 7) is 4.50. The van der Waals surface area contributed by atoms with E-state index in [2.05, 4.69) is 15.8 Å². The largest absolute Gasteiger partial charge is 0.481 e. The number of carboxylic acids is 1. The van der Waals surface area contributed by atoms with Crippen molar-refractivity contribution in [2.75, 3.05) is 30.1 Å². The van der Waals surface area contributed by atoms with E-state index in [0.29, 0.717) is 5.13 Å². The van der Waals surface area contributed by atoms with Gasteiger partial charge in [0.15, 0.2) is 10.8 Å². The molecular weight excluding hydrogens is 738 g/mol. The number of nitrogens with zero attached hydrogens (tertiary/aromatic N) is 3. The van der Waals surface area contributed by atoms with Gasteiger partial charge >= 0.3 is 11.9 Å². The maximum absolute atomic E-state index is 13.9. The summed E-state index contributed by atoms with van der Waals surface area (Å²) < 4.78 is 5.32. The third-order valence-electron chi connectivity index (χ3n) is 8.78. The van der Waals surface area contributed by atoms with Crippen molar-refractivity contribution in [1.29, 1.82) is 0 Å². The second-order valence-corrected chi connectivity index (χ2v) is 15.9. The number of aromatic nitrogens is 1. The fraction of sp³-hybridized carbons (Fsp3) is 0.316. The van der Waals surface area contributed by atoms with Gasteiger partial charge in [-0.3, -0.25) is 14.4 Å². The number of hydrogen-bond acceptors (Lipinski definition) is 11. The second-order valence-electron chi connectivity index (χ2n) is 13.6. The highest BCUT2D eigenvalue weighted by Crippen LogP contribution is 2.43. The SMILES string of the molecule is CC(C)(C)OC(=O)CON=C(C(=O)NC1C(=O)N2CC(CCl)(C(=O)O)CS[C@H]12)c1csc(NC(c2ccccc2)(c2ccccc2)c2ccccc2)n1. The highest BCUT2D eigenvalue weighted by atomic mass is 35.5. The first kappa shape index (κ1) is 37.8. The number of aliphatic carboxylic acids is 1. The molecule has 12 nitrogen and oxygen atoms in total. The lowest BCUT2D eigenvalue weighted by Crippen LogP contribution is -2.74. The lowest BCUT2D eigenvalue weighted by molar-refractivity contribution is -0.160. The molecule has 0 spiro atoms. The average Bonchev–Trinajstić information content (AvgIpc) is 3.62. The van der Waals surface area contributed by atoms with E-state index in [1.165, 1.54) is 28.0 Å². The fourth-order valence-corrected chi connectivity index (χ4v) is 8.91. The first-order chi connectivity index (χ1) is 25.4. The van der Waals surface area contributed by atoms with Crippen molar-refractivity contribution in [3.8, 4) is 0 Å². The summed E-state index contributed by atoms with van der Waals surface area (Å²) >= 11 is 8.50. The number of ether oxygens (including phenoxy) is 1. The summed E-state index contributed by atoms with van der Waals surface area (Å²) in [5.74, 6) is -2.98. The Kier molecular flexibility index (Phi) is 11.1. The summed E-state index contributed by atoms with van der Waals surface area (Å²) in [6.07, 6.45) is 0. The number of hydrogen-bond donors (Lipinski definition) is 3. The Morgan fingerprint density at radius 2 is 1.55 bits per heavy atom. The van der Waals surface area contributed by atoms with Crippen molar-refractivity contribution < 1.29 is 33.9 Å². The van der Waals surface area contributed by atoms with Crippen molar-refractivity contribution >= 4 is 69.3 Å². The number of oxime groups is 1. The molecule has 4 aromatic rings. The Balaban J connectivity index is 1.31. The molecule has 2 unspecified atom stereocenters. The summed E-state index contributed by atoms with van der Waals surface area (Å²) in [5.41, 5.74) is -0.252. The van der Waals surface area contributed by atoms with E-state index in [0.717, 1.165) is 16.7 Å². The molecule has 2 amide bonds. The lowest BCUT2D eigenvalue weighted by Gasteiger charge is -2.53. The number of thiazole rings is 1. The van der Waals surface area contributed by atoms with Crippen LogP contribution in [0.3, 0.4) is 0 Å². The van der Waals surface area contributed by atoms with Crippen LogP contribution >= 0.6 is 34.7 Å². The summed E-state index contributed by atoms with van der Waals surface area (Å²) in [4.78, 5) is 63.1. The van der Waals surface area contributed by atoms with Crippen LogP contribution in [-0.2, 0) is 34.3 Å². The number of benzene rings is 3. The molecule has 3 N–H and O–H groups in total. The zero-order valence-electron chi connectivity index (χ0n) is 29.2. The fourth-order valence-electron chi connectivity index (χ4n) is 6.21. The number of carbonyl (C=O) groups excluding carboxylic acids is 3. The Hall–Kier alpha value is -4.92. The van der Waals surface area contributed by atoms with Crippen molar-refractivity contribution in [3.63, 3.8) is 0 Å². The van der Waals surface area contributed by atoms with Crippen LogP contribution < -0.4 is 10.6 Å². The van der Waals surface area contributed by atoms with Gasteiger partial charge in [0.25, 0.3) is 5.91 Å². The maximum Gasteiger partial charge on any atom is 0.347 e. The zero-order chi connectivity index (χ0) is 37.8. The molecule has 2 aliphatic heterocycles. The summed E-state index contributed by atoms with van der Waals surface area (Å²) in [5, 5.41) is 21.8. The van der Waals surface area contributed by atoms with E-state index in [-0.39, 0.29) is 29.6 Å². The monoisotopic (exact) mass is 775 g/mol. The third kappa shape index (κ3) is 7.90. The lowest BCUT2D eigenvalue weighted by atomic mass is 9.77. The van der Waals surface area contributed by atoms with E-state index in [1.807, 2.05) is 91.0 Å². The predicted molar refractivity (Wildman–Crippen MR) is 204 cm³/mol. The van der Waals surface area contributed by atoms with Crippen LogP contribution in [0.15, 0.2) is 102 Å². The number of amides is 2. The summed E-state index contributed by atoms with van der Waals surface area (Å²) in [7, 11) is 0. The number of anilines is 1. The number of halogens is 1. The van der Waals surface area contributed by atoms with Crippen molar-refractivity contribution in [2.45, 2.75) is 43.3 Å². The van der Waals surface area contributed by atoms with Crippen LogP contribution in [0, 0.1) is 5.41 Å². The molecule has 1 aromatic heterocycles. The van der Waals surface area contributed by atoms with Crippen LogP contribution in [0.5, 0.6) is 0 Å². The van der Waals surface area contributed by atoms with Gasteiger partial charge in [0, 0.05) is 23.6 Å². The summed E-state index contributed by atoms with van der Waals surface area (Å²) in [6, 6.07) is 28.9. The normalized spacial score (nSPS) is 20.1. The molecule has 6 rings (SSSR count). The van der Waals surface area contributed by atoms with Crippen LogP contribution in [0.25, 0.3) is 0 Å². The quantitative estimate of drug-likeness (QED) is 0.0405. The minimum absolute atomic E-state index is 0.0677. The van der Waals surface area contributed by atoms with Gasteiger partial charge in [0.1, 0.15) is 33.7 Å². The maximum atomic E-state index is 13.9. The molecule has 3 atom stereocenters. The van der Waals surface area contributed by atoms with E-state index in [9.17, 15) is 24.3 Å². The number of rotatable bonds is 13. The molecule has 3 aromatic carbocycles. The highest BCUT2D eigenvalue weighted by molar-refractivity contribution is 8.00. The van der Waals surface area contributed by atoms with Crippen LogP contribution in [0.2, 0.25) is 0 Å². The number of fused-ring (bicyclic) bond motifs is 1. The molecule has 2 fully saturated rings. The molecule has 15 heteroatoms. The van der Waals surface area contributed by atoms with Gasteiger partial charge in [0.2, 0.25) is 12.5 Å². The Bertz CT molecular complexity index is 1900. The smallest absolute Gasteiger partial charge is 0.347 e.